The Bertz CT molecular complexity index is 358. The lowest BCUT2D eigenvalue weighted by molar-refractivity contribution is 0.238. The van der Waals surface area contributed by atoms with Gasteiger partial charge in [0.25, 0.3) is 0 Å². The molecule has 1 unspecified atom stereocenters. The highest BCUT2D eigenvalue weighted by atomic mass is 35.5. The van der Waals surface area contributed by atoms with Crippen LogP contribution in [-0.4, -0.2) is 24.4 Å². The molecule has 18 heavy (non-hydrogen) atoms. The van der Waals surface area contributed by atoms with Crippen LogP contribution in [0.1, 0.15) is 25.8 Å². The lowest BCUT2D eigenvalue weighted by Gasteiger charge is -2.15. The summed E-state index contributed by atoms with van der Waals surface area (Å²) in [6, 6.07) is 3.75. The van der Waals surface area contributed by atoms with E-state index in [2.05, 4.69) is 5.32 Å². The minimum Gasteiger partial charge on any atom is -0.491 e. The van der Waals surface area contributed by atoms with Crippen LogP contribution in [0.5, 0.6) is 5.75 Å². The third kappa shape index (κ3) is 4.32. The Morgan fingerprint density at radius 1 is 1.28 bits per heavy atom. The number of aliphatic hydroxyl groups is 1. The topological polar surface area (TPSA) is 41.5 Å². The van der Waals surface area contributed by atoms with Gasteiger partial charge in [0.1, 0.15) is 0 Å². The Morgan fingerprint density at radius 3 is 2.33 bits per heavy atom. The highest BCUT2D eigenvalue weighted by Gasteiger charge is 2.10. The zero-order valence-corrected chi connectivity index (χ0v) is 12.2. The van der Waals surface area contributed by atoms with Crippen LogP contribution in [0.15, 0.2) is 12.1 Å². The summed E-state index contributed by atoms with van der Waals surface area (Å²) in [7, 11) is 0. The molecule has 0 aliphatic heterocycles. The van der Waals surface area contributed by atoms with E-state index in [4.69, 9.17) is 33.0 Å². The summed E-state index contributed by atoms with van der Waals surface area (Å²) < 4.78 is 5.37. The molecule has 1 rings (SSSR count). The lowest BCUT2D eigenvalue weighted by atomic mass is 10.2. The molecule has 0 spiro atoms. The normalized spacial score (nSPS) is 12.5. The van der Waals surface area contributed by atoms with E-state index >= 15 is 0 Å². The van der Waals surface area contributed by atoms with E-state index in [-0.39, 0.29) is 12.6 Å². The molecular weight excluding hydrogens is 273 g/mol. The summed E-state index contributed by atoms with van der Waals surface area (Å²) in [6.07, 6.45) is 0.870. The second-order valence-corrected chi connectivity index (χ2v) is 4.80. The zero-order valence-electron chi connectivity index (χ0n) is 10.7. The standard InChI is InChI=1S/C13H19Cl2NO2/c1-3-10(8-17)16-7-9-5-11(14)13(18-4-2)12(15)6-9/h5-6,10,16-17H,3-4,7-8H2,1-2H3. The molecule has 102 valence electrons. The fourth-order valence-electron chi connectivity index (χ4n) is 1.60. The monoisotopic (exact) mass is 291 g/mol. The van der Waals surface area contributed by atoms with Crippen LogP contribution in [0, 0.1) is 0 Å². The van der Waals surface area contributed by atoms with Crippen LogP contribution in [0.4, 0.5) is 0 Å². The van der Waals surface area contributed by atoms with Crippen LogP contribution in [0.25, 0.3) is 0 Å². The molecule has 1 aromatic carbocycles. The van der Waals surface area contributed by atoms with Crippen molar-refractivity contribution in [2.75, 3.05) is 13.2 Å². The van der Waals surface area contributed by atoms with Gasteiger partial charge in [-0.3, -0.25) is 0 Å². The van der Waals surface area contributed by atoms with Gasteiger partial charge in [-0.05, 0) is 31.0 Å². The lowest BCUT2D eigenvalue weighted by Crippen LogP contribution is -2.31. The number of hydrogen-bond acceptors (Lipinski definition) is 3. The van der Waals surface area contributed by atoms with E-state index in [1.165, 1.54) is 0 Å². The van der Waals surface area contributed by atoms with E-state index in [0.29, 0.717) is 28.9 Å². The van der Waals surface area contributed by atoms with E-state index in [0.717, 1.165) is 12.0 Å². The van der Waals surface area contributed by atoms with Crippen LogP contribution in [0.3, 0.4) is 0 Å². The summed E-state index contributed by atoms with van der Waals surface area (Å²) in [5.41, 5.74) is 0.973. The predicted molar refractivity (Wildman–Crippen MR) is 75.6 cm³/mol. The van der Waals surface area contributed by atoms with Crippen LogP contribution >= 0.6 is 23.2 Å². The molecule has 1 aromatic rings. The van der Waals surface area contributed by atoms with Crippen LogP contribution in [-0.2, 0) is 6.54 Å². The van der Waals surface area contributed by atoms with Crippen molar-refractivity contribution in [1.82, 2.24) is 5.32 Å². The molecule has 0 saturated heterocycles. The van der Waals surface area contributed by atoms with Gasteiger partial charge in [-0.25, -0.2) is 0 Å². The molecule has 0 saturated carbocycles. The molecule has 0 aliphatic rings. The Kier molecular flexibility index (Phi) is 6.79. The Balaban J connectivity index is 2.73. The SMILES string of the molecule is CCOc1c(Cl)cc(CNC(CC)CO)cc1Cl. The van der Waals surface area contributed by atoms with Crippen LogP contribution in [0.2, 0.25) is 10.0 Å². The van der Waals surface area contributed by atoms with Gasteiger partial charge in [-0.15, -0.1) is 0 Å². The molecule has 0 radical (unpaired) electrons. The third-order valence-corrected chi connectivity index (χ3v) is 3.22. The van der Waals surface area contributed by atoms with Crippen molar-refractivity contribution < 1.29 is 9.84 Å². The molecule has 0 fully saturated rings. The van der Waals surface area contributed by atoms with E-state index in [1.807, 2.05) is 26.0 Å². The number of halogens is 2. The Hall–Kier alpha value is -0.480. The highest BCUT2D eigenvalue weighted by Crippen LogP contribution is 2.34. The second kappa shape index (κ2) is 7.85. The minimum atomic E-state index is 0.0918. The summed E-state index contributed by atoms with van der Waals surface area (Å²) in [4.78, 5) is 0. The maximum Gasteiger partial charge on any atom is 0.156 e. The Labute approximate surface area is 118 Å². The quantitative estimate of drug-likeness (QED) is 0.810. The molecule has 2 N–H and O–H groups in total. The first kappa shape index (κ1) is 15.6. The first-order valence-electron chi connectivity index (χ1n) is 6.07. The van der Waals surface area contributed by atoms with Gasteiger partial charge in [0.05, 0.1) is 23.3 Å². The second-order valence-electron chi connectivity index (χ2n) is 3.99. The van der Waals surface area contributed by atoms with Crippen molar-refractivity contribution in [3.63, 3.8) is 0 Å². The highest BCUT2D eigenvalue weighted by molar-refractivity contribution is 6.37. The van der Waals surface area contributed by atoms with Gasteiger partial charge in [-0.2, -0.15) is 0 Å². The molecular formula is C13H19Cl2NO2. The van der Waals surface area contributed by atoms with Crippen molar-refractivity contribution in [3.8, 4) is 5.75 Å². The molecule has 0 aromatic heterocycles. The third-order valence-electron chi connectivity index (χ3n) is 2.65. The maximum absolute atomic E-state index is 9.09. The fourth-order valence-corrected chi connectivity index (χ4v) is 2.24. The minimum absolute atomic E-state index is 0.0918. The predicted octanol–water partition coefficient (Wildman–Crippen LogP) is 3.25. The number of ether oxygens (including phenoxy) is 1. The largest absolute Gasteiger partial charge is 0.491 e. The van der Waals surface area contributed by atoms with Crippen molar-refractivity contribution in [1.29, 1.82) is 0 Å². The number of benzene rings is 1. The van der Waals surface area contributed by atoms with Crippen molar-refractivity contribution in [2.45, 2.75) is 32.9 Å². The number of rotatable bonds is 7. The number of hydrogen-bond donors (Lipinski definition) is 2. The van der Waals surface area contributed by atoms with Gasteiger partial charge in [0.2, 0.25) is 0 Å². The number of aliphatic hydroxyl groups excluding tert-OH is 1. The summed E-state index contributed by atoms with van der Waals surface area (Å²) in [6.45, 7) is 5.17. The zero-order chi connectivity index (χ0) is 13.5. The van der Waals surface area contributed by atoms with Gasteiger partial charge < -0.3 is 15.2 Å². The van der Waals surface area contributed by atoms with E-state index in [9.17, 15) is 0 Å². The molecule has 0 heterocycles. The molecule has 5 heteroatoms. The van der Waals surface area contributed by atoms with Crippen molar-refractivity contribution in [3.05, 3.63) is 27.7 Å². The maximum atomic E-state index is 9.09. The molecule has 0 aliphatic carbocycles. The summed E-state index contributed by atoms with van der Waals surface area (Å²) in [5.74, 6) is 0.527. The van der Waals surface area contributed by atoms with Crippen molar-refractivity contribution in [2.24, 2.45) is 0 Å². The van der Waals surface area contributed by atoms with E-state index < -0.39 is 0 Å². The first-order valence-corrected chi connectivity index (χ1v) is 6.82. The molecule has 3 nitrogen and oxygen atoms in total. The first-order chi connectivity index (χ1) is 8.62. The fraction of sp³-hybridized carbons (Fsp3) is 0.538. The van der Waals surface area contributed by atoms with Gasteiger partial charge in [-0.1, -0.05) is 30.1 Å². The molecule has 1 atom stereocenters. The van der Waals surface area contributed by atoms with E-state index in [1.54, 1.807) is 0 Å². The van der Waals surface area contributed by atoms with Crippen molar-refractivity contribution >= 4 is 23.2 Å². The summed E-state index contributed by atoms with van der Waals surface area (Å²) in [5, 5.41) is 13.4. The average Bonchev–Trinajstić information content (AvgIpc) is 2.35. The molecule has 0 amide bonds. The van der Waals surface area contributed by atoms with Crippen LogP contribution < -0.4 is 10.1 Å². The van der Waals surface area contributed by atoms with Gasteiger partial charge >= 0.3 is 0 Å². The van der Waals surface area contributed by atoms with Gasteiger partial charge in [0.15, 0.2) is 5.75 Å². The average molecular weight is 292 g/mol. The number of nitrogens with one attached hydrogen (secondary N) is 1. The Morgan fingerprint density at radius 2 is 1.89 bits per heavy atom. The summed E-state index contributed by atoms with van der Waals surface area (Å²) >= 11 is 12.2. The van der Waals surface area contributed by atoms with Gasteiger partial charge in [0, 0.05) is 12.6 Å². The smallest absolute Gasteiger partial charge is 0.156 e. The molecule has 0 bridgehead atoms.